The molecule has 136 valence electrons. The number of rotatable bonds is 4. The van der Waals surface area contributed by atoms with Crippen LogP contribution in [0.25, 0.3) is 0 Å². The molecule has 9 heteroatoms. The molecule has 0 aliphatic heterocycles. The Bertz CT molecular complexity index is 684. The number of nitrogens with one attached hydrogen (secondary N) is 2. The number of ether oxygens (including phenoxy) is 2. The third-order valence-electron chi connectivity index (χ3n) is 3.12. The summed E-state index contributed by atoms with van der Waals surface area (Å²) in [4.78, 5) is 35.7. The van der Waals surface area contributed by atoms with Gasteiger partial charge in [0.2, 0.25) is 0 Å². The monoisotopic (exact) mass is 358 g/mol. The molecule has 0 heterocycles. The molecule has 0 atom stereocenters. The van der Waals surface area contributed by atoms with Crippen LogP contribution in [0.1, 0.15) is 11.1 Å². The van der Waals surface area contributed by atoms with Crippen LogP contribution in [-0.2, 0) is 22.7 Å². The van der Waals surface area contributed by atoms with Crippen molar-refractivity contribution in [3.8, 4) is 0 Å². The molecule has 2 rings (SSSR count). The van der Waals surface area contributed by atoms with Crippen LogP contribution in [0.2, 0.25) is 0 Å². The number of carbonyl (C=O) groups is 3. The summed E-state index contributed by atoms with van der Waals surface area (Å²) in [6, 6.07) is 16.7. The van der Waals surface area contributed by atoms with E-state index in [9.17, 15) is 14.4 Å². The van der Waals surface area contributed by atoms with Crippen LogP contribution in [0.15, 0.2) is 60.7 Å². The summed E-state index contributed by atoms with van der Waals surface area (Å²) >= 11 is 0. The van der Waals surface area contributed by atoms with Gasteiger partial charge in [-0.15, -0.1) is 5.01 Å². The molecule has 9 nitrogen and oxygen atoms in total. The van der Waals surface area contributed by atoms with Crippen molar-refractivity contribution < 1.29 is 23.9 Å². The SMILES string of the molecule is NNC(=O)NN(C(=O)OCc1ccccc1)C(=O)OCc1ccccc1. The van der Waals surface area contributed by atoms with E-state index in [2.05, 4.69) is 0 Å². The first kappa shape index (κ1) is 18.7. The van der Waals surface area contributed by atoms with E-state index in [1.807, 2.05) is 17.6 Å². The zero-order valence-electron chi connectivity index (χ0n) is 13.8. The summed E-state index contributed by atoms with van der Waals surface area (Å²) in [6.45, 7) is -0.178. The van der Waals surface area contributed by atoms with Crippen molar-refractivity contribution in [1.82, 2.24) is 15.9 Å². The van der Waals surface area contributed by atoms with E-state index >= 15 is 0 Å². The van der Waals surface area contributed by atoms with Crippen molar-refractivity contribution in [3.63, 3.8) is 0 Å². The fraction of sp³-hybridized carbons (Fsp3) is 0.118. The van der Waals surface area contributed by atoms with E-state index in [0.29, 0.717) is 16.1 Å². The lowest BCUT2D eigenvalue weighted by atomic mass is 10.2. The van der Waals surface area contributed by atoms with Gasteiger partial charge in [-0.1, -0.05) is 60.7 Å². The third kappa shape index (κ3) is 5.80. The fourth-order valence-electron chi connectivity index (χ4n) is 1.87. The van der Waals surface area contributed by atoms with Crippen LogP contribution in [0.4, 0.5) is 14.4 Å². The maximum Gasteiger partial charge on any atom is 0.439 e. The highest BCUT2D eigenvalue weighted by molar-refractivity contribution is 5.90. The highest BCUT2D eigenvalue weighted by atomic mass is 16.6. The second kappa shape index (κ2) is 9.64. The normalized spacial score (nSPS) is 9.73. The Morgan fingerprint density at radius 1 is 0.808 bits per heavy atom. The second-order valence-corrected chi connectivity index (χ2v) is 5.00. The number of nitrogens with two attached hydrogens (primary N) is 1. The van der Waals surface area contributed by atoms with Crippen LogP contribution < -0.4 is 16.7 Å². The summed E-state index contributed by atoms with van der Waals surface area (Å²) in [5.74, 6) is 4.96. The number of hydrogen-bond acceptors (Lipinski definition) is 6. The van der Waals surface area contributed by atoms with Crippen LogP contribution >= 0.6 is 0 Å². The van der Waals surface area contributed by atoms with Gasteiger partial charge in [0.05, 0.1) is 0 Å². The third-order valence-corrected chi connectivity index (χ3v) is 3.12. The second-order valence-electron chi connectivity index (χ2n) is 5.00. The molecule has 0 aliphatic carbocycles. The van der Waals surface area contributed by atoms with Crippen LogP contribution in [0.3, 0.4) is 0 Å². The van der Waals surface area contributed by atoms with Gasteiger partial charge in [0.1, 0.15) is 13.2 Å². The lowest BCUT2D eigenvalue weighted by molar-refractivity contribution is 0.0572. The number of amides is 4. The molecule has 0 saturated carbocycles. The van der Waals surface area contributed by atoms with Gasteiger partial charge in [0, 0.05) is 0 Å². The van der Waals surface area contributed by atoms with Gasteiger partial charge in [-0.05, 0) is 11.1 Å². The van der Waals surface area contributed by atoms with Gasteiger partial charge < -0.3 is 9.47 Å². The molecule has 2 aromatic rings. The summed E-state index contributed by atoms with van der Waals surface area (Å²) in [5, 5.41) is 0.300. The van der Waals surface area contributed by atoms with E-state index in [-0.39, 0.29) is 13.2 Å². The first-order valence-electron chi connectivity index (χ1n) is 7.59. The highest BCUT2D eigenvalue weighted by Crippen LogP contribution is 2.06. The standard InChI is InChI=1S/C17H18N4O5/c18-19-15(22)20-21(16(23)25-11-13-7-3-1-4-8-13)17(24)26-12-14-9-5-2-6-10-14/h1-10H,11-12,18H2,(H2,19,20,22). The summed E-state index contributed by atoms with van der Waals surface area (Å²) < 4.78 is 10.0. The van der Waals surface area contributed by atoms with Gasteiger partial charge in [0.15, 0.2) is 0 Å². The van der Waals surface area contributed by atoms with E-state index in [4.69, 9.17) is 15.3 Å². The van der Waals surface area contributed by atoms with Gasteiger partial charge in [-0.25, -0.2) is 25.7 Å². The average Bonchev–Trinajstić information content (AvgIpc) is 2.69. The van der Waals surface area contributed by atoms with Crippen molar-refractivity contribution in [2.45, 2.75) is 13.2 Å². The van der Waals surface area contributed by atoms with Crippen molar-refractivity contribution in [1.29, 1.82) is 0 Å². The maximum atomic E-state index is 12.1. The van der Waals surface area contributed by atoms with Gasteiger partial charge in [-0.2, -0.15) is 0 Å². The molecular weight excluding hydrogens is 340 g/mol. The van der Waals surface area contributed by atoms with E-state index < -0.39 is 18.2 Å². The number of urea groups is 1. The molecule has 0 spiro atoms. The number of imide groups is 1. The first-order valence-corrected chi connectivity index (χ1v) is 7.59. The quantitative estimate of drug-likeness (QED) is 0.437. The van der Waals surface area contributed by atoms with Crippen LogP contribution in [-0.4, -0.2) is 23.2 Å². The number of hydrogen-bond donors (Lipinski definition) is 3. The smallest absolute Gasteiger partial charge is 0.439 e. The topological polar surface area (TPSA) is 123 Å². The van der Waals surface area contributed by atoms with E-state index in [1.54, 1.807) is 54.0 Å². The molecule has 2 aromatic carbocycles. The molecule has 0 fully saturated rings. The van der Waals surface area contributed by atoms with Crippen molar-refractivity contribution in [3.05, 3.63) is 71.8 Å². The van der Waals surface area contributed by atoms with Crippen LogP contribution in [0.5, 0.6) is 0 Å². The number of benzene rings is 2. The molecular formula is C17H18N4O5. The Kier molecular flexibility index (Phi) is 6.95. The zero-order chi connectivity index (χ0) is 18.8. The molecule has 0 saturated heterocycles. The van der Waals surface area contributed by atoms with E-state index in [1.165, 1.54) is 0 Å². The lowest BCUT2D eigenvalue weighted by Gasteiger charge is -2.20. The Morgan fingerprint density at radius 2 is 1.23 bits per heavy atom. The predicted octanol–water partition coefficient (Wildman–Crippen LogP) is 2.05. The van der Waals surface area contributed by atoms with Gasteiger partial charge >= 0.3 is 18.2 Å². The number of hydrazine groups is 2. The van der Waals surface area contributed by atoms with Crippen molar-refractivity contribution in [2.75, 3.05) is 0 Å². The van der Waals surface area contributed by atoms with Gasteiger partial charge in [-0.3, -0.25) is 5.43 Å². The summed E-state index contributed by atoms with van der Waals surface area (Å²) in [7, 11) is 0. The summed E-state index contributed by atoms with van der Waals surface area (Å²) in [6.07, 6.45) is -2.23. The Morgan fingerprint density at radius 3 is 1.62 bits per heavy atom. The average molecular weight is 358 g/mol. The Hall–Kier alpha value is -3.59. The Balaban J connectivity index is 1.97. The minimum Gasteiger partial charge on any atom is -0.443 e. The van der Waals surface area contributed by atoms with Gasteiger partial charge in [0.25, 0.3) is 0 Å². The minimum absolute atomic E-state index is 0.0892. The maximum absolute atomic E-state index is 12.1. The molecule has 26 heavy (non-hydrogen) atoms. The Labute approximate surface area is 149 Å². The van der Waals surface area contributed by atoms with Crippen molar-refractivity contribution in [2.24, 2.45) is 5.84 Å². The lowest BCUT2D eigenvalue weighted by Crippen LogP contribution is -2.54. The molecule has 0 bridgehead atoms. The molecule has 0 aromatic heterocycles. The van der Waals surface area contributed by atoms with Crippen LogP contribution in [0, 0.1) is 0 Å². The largest absolute Gasteiger partial charge is 0.443 e. The highest BCUT2D eigenvalue weighted by Gasteiger charge is 2.27. The molecule has 4 amide bonds. The first-order chi connectivity index (χ1) is 12.6. The number of nitrogens with zero attached hydrogens (tertiary/aromatic N) is 1. The zero-order valence-corrected chi connectivity index (χ0v) is 13.8. The fourth-order valence-corrected chi connectivity index (χ4v) is 1.87. The number of carbonyl (C=O) groups excluding carboxylic acids is 3. The predicted molar refractivity (Wildman–Crippen MR) is 90.9 cm³/mol. The van der Waals surface area contributed by atoms with E-state index in [0.717, 1.165) is 0 Å². The molecule has 0 radical (unpaired) electrons. The van der Waals surface area contributed by atoms with Crippen molar-refractivity contribution >= 4 is 18.2 Å². The summed E-state index contributed by atoms with van der Waals surface area (Å²) in [5.41, 5.74) is 5.11. The molecule has 0 unspecified atom stereocenters. The minimum atomic E-state index is -1.12. The molecule has 4 N–H and O–H groups in total. The molecule has 0 aliphatic rings.